The van der Waals surface area contributed by atoms with Crippen LogP contribution in [0.2, 0.25) is 0 Å². The normalized spacial score (nSPS) is 22.2. The van der Waals surface area contributed by atoms with Crippen LogP contribution in [0.3, 0.4) is 0 Å². The van der Waals surface area contributed by atoms with Crippen molar-refractivity contribution in [1.29, 1.82) is 0 Å². The Bertz CT molecular complexity index is 523. The summed E-state index contributed by atoms with van der Waals surface area (Å²) in [5.41, 5.74) is 5.86. The van der Waals surface area contributed by atoms with Crippen molar-refractivity contribution in [1.82, 2.24) is 0 Å². The minimum absolute atomic E-state index is 0.270. The third-order valence-corrected chi connectivity index (χ3v) is 4.08. The van der Waals surface area contributed by atoms with Gasteiger partial charge >= 0.3 is 5.97 Å². The van der Waals surface area contributed by atoms with Crippen molar-refractivity contribution < 1.29 is 19.1 Å². The van der Waals surface area contributed by atoms with Gasteiger partial charge in [-0.05, 0) is 40.0 Å². The van der Waals surface area contributed by atoms with Gasteiger partial charge in [-0.3, -0.25) is 4.79 Å². The molecule has 1 aliphatic heterocycles. The molecular formula is C13H14BrNO4. The number of esters is 1. The van der Waals surface area contributed by atoms with E-state index in [9.17, 15) is 9.59 Å². The molecule has 1 aromatic rings. The van der Waals surface area contributed by atoms with E-state index in [1.165, 1.54) is 7.11 Å². The highest BCUT2D eigenvalue weighted by Crippen LogP contribution is 2.35. The Morgan fingerprint density at radius 2 is 2.21 bits per heavy atom. The molecule has 1 saturated heterocycles. The molecule has 5 nitrogen and oxygen atoms in total. The van der Waals surface area contributed by atoms with Crippen LogP contribution < -0.4 is 5.73 Å². The smallest absolute Gasteiger partial charge is 0.338 e. The number of benzene rings is 1. The van der Waals surface area contributed by atoms with Crippen LogP contribution in [0.1, 0.15) is 22.3 Å². The first-order chi connectivity index (χ1) is 9.01. The average molecular weight is 328 g/mol. The van der Waals surface area contributed by atoms with Gasteiger partial charge in [0.2, 0.25) is 5.91 Å². The number of halogens is 1. The summed E-state index contributed by atoms with van der Waals surface area (Å²) in [7, 11) is 1.32. The first-order valence-electron chi connectivity index (χ1n) is 5.77. The van der Waals surface area contributed by atoms with Crippen molar-refractivity contribution in [3.63, 3.8) is 0 Å². The number of nitrogens with two attached hydrogens (primary N) is 1. The van der Waals surface area contributed by atoms with Crippen molar-refractivity contribution in [3.8, 4) is 0 Å². The lowest BCUT2D eigenvalue weighted by molar-refractivity contribution is -0.123. The number of hydrogen-bond donors (Lipinski definition) is 1. The molecule has 1 fully saturated rings. The van der Waals surface area contributed by atoms with Gasteiger partial charge in [0.1, 0.15) is 0 Å². The van der Waals surface area contributed by atoms with Gasteiger partial charge in [0.05, 0.1) is 24.7 Å². The maximum absolute atomic E-state index is 11.7. The predicted molar refractivity (Wildman–Crippen MR) is 71.8 cm³/mol. The number of methoxy groups -OCH3 is 1. The van der Waals surface area contributed by atoms with Gasteiger partial charge in [0.15, 0.2) is 0 Å². The van der Waals surface area contributed by atoms with Crippen molar-refractivity contribution in [2.45, 2.75) is 11.8 Å². The molecule has 0 saturated carbocycles. The highest BCUT2D eigenvalue weighted by atomic mass is 79.9. The molecule has 0 bridgehead atoms. The van der Waals surface area contributed by atoms with E-state index in [0.29, 0.717) is 23.1 Å². The van der Waals surface area contributed by atoms with Crippen LogP contribution in [0.5, 0.6) is 0 Å². The number of carbonyl (C=O) groups excluding carboxylic acids is 2. The van der Waals surface area contributed by atoms with Crippen LogP contribution in [0.25, 0.3) is 0 Å². The van der Waals surface area contributed by atoms with Gasteiger partial charge in [0.25, 0.3) is 0 Å². The van der Waals surface area contributed by atoms with Crippen LogP contribution in [-0.4, -0.2) is 32.2 Å². The minimum Gasteiger partial charge on any atom is -0.465 e. The molecule has 1 aliphatic rings. The number of amides is 1. The number of primary amides is 1. The molecule has 2 rings (SSSR count). The summed E-state index contributed by atoms with van der Waals surface area (Å²) in [4.78, 5) is 23.3. The Labute approximate surface area is 119 Å². The Balaban J connectivity index is 2.44. The van der Waals surface area contributed by atoms with E-state index in [2.05, 4.69) is 20.7 Å². The summed E-state index contributed by atoms with van der Waals surface area (Å²) in [6, 6.07) is 5.07. The first-order valence-corrected chi connectivity index (χ1v) is 6.56. The molecule has 0 aromatic heterocycles. The summed E-state index contributed by atoms with van der Waals surface area (Å²) in [6.07, 6.45) is 0.548. The second-order valence-corrected chi connectivity index (χ2v) is 5.29. The fourth-order valence-electron chi connectivity index (χ4n) is 2.22. The maximum atomic E-state index is 11.7. The zero-order chi connectivity index (χ0) is 14.0. The number of ether oxygens (including phenoxy) is 2. The molecule has 1 atom stereocenters. The molecule has 0 aliphatic carbocycles. The van der Waals surface area contributed by atoms with Gasteiger partial charge in [0, 0.05) is 11.1 Å². The summed E-state index contributed by atoms with van der Waals surface area (Å²) in [5.74, 6) is -0.850. The lowest BCUT2D eigenvalue weighted by Crippen LogP contribution is -2.41. The largest absolute Gasteiger partial charge is 0.465 e. The summed E-state index contributed by atoms with van der Waals surface area (Å²) in [5, 5.41) is 0. The lowest BCUT2D eigenvalue weighted by Gasteiger charge is -2.24. The van der Waals surface area contributed by atoms with Crippen LogP contribution >= 0.6 is 15.9 Å². The molecule has 2 N–H and O–H groups in total. The van der Waals surface area contributed by atoms with E-state index in [-0.39, 0.29) is 6.61 Å². The highest BCUT2D eigenvalue weighted by molar-refractivity contribution is 9.10. The van der Waals surface area contributed by atoms with Gasteiger partial charge in [-0.15, -0.1) is 0 Å². The molecule has 6 heteroatoms. The van der Waals surface area contributed by atoms with E-state index < -0.39 is 17.3 Å². The molecule has 1 unspecified atom stereocenters. The molecule has 1 heterocycles. The first kappa shape index (κ1) is 14.0. The molecule has 19 heavy (non-hydrogen) atoms. The van der Waals surface area contributed by atoms with E-state index in [1.807, 2.05) is 0 Å². The topological polar surface area (TPSA) is 78.6 Å². The maximum Gasteiger partial charge on any atom is 0.338 e. The molecule has 0 spiro atoms. The fourth-order valence-corrected chi connectivity index (χ4v) is 2.76. The van der Waals surface area contributed by atoms with Crippen LogP contribution in [-0.2, 0) is 19.7 Å². The molecule has 1 amide bonds. The van der Waals surface area contributed by atoms with Crippen molar-refractivity contribution >= 4 is 27.8 Å². The predicted octanol–water partition coefficient (Wildman–Crippen LogP) is 1.38. The Kier molecular flexibility index (Phi) is 3.91. The van der Waals surface area contributed by atoms with E-state index in [4.69, 9.17) is 10.5 Å². The fraction of sp³-hybridized carbons (Fsp3) is 0.385. The quantitative estimate of drug-likeness (QED) is 0.850. The van der Waals surface area contributed by atoms with Crippen LogP contribution in [0.4, 0.5) is 0 Å². The Morgan fingerprint density at radius 3 is 2.68 bits per heavy atom. The SMILES string of the molecule is COC(=O)c1ccc(C2(C(N)=O)CCOC2)cc1Br. The second-order valence-electron chi connectivity index (χ2n) is 4.44. The summed E-state index contributed by atoms with van der Waals surface area (Å²) in [6.45, 7) is 0.770. The minimum atomic E-state index is -0.808. The monoisotopic (exact) mass is 327 g/mol. The molecule has 102 valence electrons. The van der Waals surface area contributed by atoms with Crippen LogP contribution in [0.15, 0.2) is 22.7 Å². The molecular weight excluding hydrogens is 314 g/mol. The Hall–Kier alpha value is -1.40. The standard InChI is InChI=1S/C13H14BrNO4/c1-18-11(16)9-3-2-8(6-10(9)14)13(12(15)17)4-5-19-7-13/h2-3,6H,4-5,7H2,1H3,(H2,15,17). The van der Waals surface area contributed by atoms with E-state index in [0.717, 1.165) is 5.56 Å². The zero-order valence-corrected chi connectivity index (χ0v) is 12.0. The number of carbonyl (C=O) groups is 2. The number of hydrogen-bond acceptors (Lipinski definition) is 4. The van der Waals surface area contributed by atoms with Gasteiger partial charge in [-0.2, -0.15) is 0 Å². The third kappa shape index (κ3) is 2.37. The zero-order valence-electron chi connectivity index (χ0n) is 10.4. The van der Waals surface area contributed by atoms with Crippen LogP contribution in [0, 0.1) is 0 Å². The second kappa shape index (κ2) is 5.30. The summed E-state index contributed by atoms with van der Waals surface area (Å²) < 4.78 is 10.6. The Morgan fingerprint density at radius 1 is 1.47 bits per heavy atom. The highest BCUT2D eigenvalue weighted by Gasteiger charge is 2.42. The van der Waals surface area contributed by atoms with Crippen molar-refractivity contribution in [3.05, 3.63) is 33.8 Å². The van der Waals surface area contributed by atoms with Crippen molar-refractivity contribution in [2.24, 2.45) is 5.73 Å². The molecule has 0 radical (unpaired) electrons. The van der Waals surface area contributed by atoms with Gasteiger partial charge < -0.3 is 15.2 Å². The molecule has 1 aromatic carbocycles. The van der Waals surface area contributed by atoms with Gasteiger partial charge in [-0.25, -0.2) is 4.79 Å². The van der Waals surface area contributed by atoms with E-state index >= 15 is 0 Å². The summed E-state index contributed by atoms with van der Waals surface area (Å²) >= 11 is 3.32. The lowest BCUT2D eigenvalue weighted by atomic mass is 9.79. The van der Waals surface area contributed by atoms with Crippen molar-refractivity contribution in [2.75, 3.05) is 20.3 Å². The third-order valence-electron chi connectivity index (χ3n) is 3.42. The average Bonchev–Trinajstić information content (AvgIpc) is 2.88. The number of rotatable bonds is 3. The van der Waals surface area contributed by atoms with Gasteiger partial charge in [-0.1, -0.05) is 6.07 Å². The van der Waals surface area contributed by atoms with E-state index in [1.54, 1.807) is 18.2 Å².